The number of allylic oxidation sites excluding steroid dienone is 1. The molecule has 0 atom stereocenters. The summed E-state index contributed by atoms with van der Waals surface area (Å²) < 4.78 is 0. The maximum absolute atomic E-state index is 8.62. The van der Waals surface area contributed by atoms with Gasteiger partial charge in [-0.3, -0.25) is 4.98 Å². The molecule has 0 fully saturated rings. The maximum atomic E-state index is 8.62. The molecule has 0 aliphatic carbocycles. The molecular weight excluding hydrogens is 180 g/mol. The third-order valence-electron chi connectivity index (χ3n) is 1.44. The Kier molecular flexibility index (Phi) is 2.99. The Morgan fingerprint density at radius 2 is 2.23 bits per heavy atom. The Labute approximate surface area is 83.3 Å². The van der Waals surface area contributed by atoms with E-state index in [1.165, 1.54) is 0 Å². The molecule has 0 unspecified atom stereocenters. The van der Waals surface area contributed by atoms with E-state index in [1.54, 1.807) is 12.1 Å². The molecule has 3 heteroatoms. The average molecular weight is 189 g/mol. The lowest BCUT2D eigenvalue weighted by Crippen LogP contribution is -1.89. The standard InChI is InChI=1S/C10H10N2S/c1-7(2)5-9-4-3-8(6-11)10(13)12-9/h3-5H,1-2H3,(H,12,13)/p-1. The van der Waals surface area contributed by atoms with E-state index in [9.17, 15) is 0 Å². The summed E-state index contributed by atoms with van der Waals surface area (Å²) in [5, 5.41) is 8.99. The summed E-state index contributed by atoms with van der Waals surface area (Å²) in [5.41, 5.74) is 2.43. The van der Waals surface area contributed by atoms with Crippen LogP contribution in [0.3, 0.4) is 0 Å². The first-order chi connectivity index (χ1) is 6.13. The Balaban J connectivity index is 3.12. The number of hydrogen-bond donors (Lipinski definition) is 0. The quantitative estimate of drug-likeness (QED) is 0.636. The summed E-state index contributed by atoms with van der Waals surface area (Å²) in [6.07, 6.45) is 1.93. The Morgan fingerprint density at radius 1 is 1.54 bits per heavy atom. The zero-order valence-corrected chi connectivity index (χ0v) is 8.35. The van der Waals surface area contributed by atoms with E-state index >= 15 is 0 Å². The molecule has 1 rings (SSSR count). The predicted molar refractivity (Wildman–Crippen MR) is 53.9 cm³/mol. The van der Waals surface area contributed by atoms with E-state index in [-0.39, 0.29) is 0 Å². The molecule has 66 valence electrons. The number of rotatable bonds is 1. The van der Waals surface area contributed by atoms with Crippen LogP contribution in [0.1, 0.15) is 25.1 Å². The minimum Gasteiger partial charge on any atom is -0.759 e. The van der Waals surface area contributed by atoms with Crippen LogP contribution in [0.25, 0.3) is 6.08 Å². The summed E-state index contributed by atoms with van der Waals surface area (Å²) in [6, 6.07) is 5.48. The van der Waals surface area contributed by atoms with Crippen LogP contribution in [0.4, 0.5) is 0 Å². The van der Waals surface area contributed by atoms with Crippen molar-refractivity contribution in [3.05, 3.63) is 29.0 Å². The number of nitriles is 1. The van der Waals surface area contributed by atoms with Crippen LogP contribution in [0.5, 0.6) is 0 Å². The van der Waals surface area contributed by atoms with Crippen molar-refractivity contribution in [3.8, 4) is 6.07 Å². The molecule has 0 saturated heterocycles. The van der Waals surface area contributed by atoms with Gasteiger partial charge in [0.1, 0.15) is 0 Å². The van der Waals surface area contributed by atoms with Gasteiger partial charge in [-0.15, -0.1) is 0 Å². The molecule has 0 aliphatic heterocycles. The van der Waals surface area contributed by atoms with Crippen LogP contribution in [0.2, 0.25) is 0 Å². The van der Waals surface area contributed by atoms with Crippen LogP contribution in [0.15, 0.2) is 22.7 Å². The van der Waals surface area contributed by atoms with Crippen LogP contribution >= 0.6 is 0 Å². The van der Waals surface area contributed by atoms with Crippen molar-refractivity contribution in [2.45, 2.75) is 18.9 Å². The zero-order valence-electron chi connectivity index (χ0n) is 7.53. The van der Waals surface area contributed by atoms with E-state index < -0.39 is 0 Å². The first-order valence-corrected chi connectivity index (χ1v) is 4.27. The number of pyridine rings is 1. The van der Waals surface area contributed by atoms with Gasteiger partial charge in [-0.05, 0) is 32.1 Å². The number of hydrogen-bond acceptors (Lipinski definition) is 3. The zero-order chi connectivity index (χ0) is 9.84. The van der Waals surface area contributed by atoms with Crippen molar-refractivity contribution < 1.29 is 0 Å². The minimum atomic E-state index is 0.373. The molecule has 0 bridgehead atoms. The smallest absolute Gasteiger partial charge is 0.0991 e. The van der Waals surface area contributed by atoms with Crippen molar-refractivity contribution >= 4 is 18.7 Å². The third-order valence-corrected chi connectivity index (χ3v) is 1.75. The summed E-state index contributed by atoms with van der Waals surface area (Å²) in [4.78, 5) is 4.10. The first kappa shape index (κ1) is 9.69. The average Bonchev–Trinajstić information content (AvgIpc) is 2.03. The molecule has 1 aromatic heterocycles. The molecule has 0 aromatic carbocycles. The highest BCUT2D eigenvalue weighted by Crippen LogP contribution is 2.08. The molecular formula is C10H9N2S-. The van der Waals surface area contributed by atoms with Crippen molar-refractivity contribution in [1.82, 2.24) is 4.98 Å². The largest absolute Gasteiger partial charge is 0.759 e. The van der Waals surface area contributed by atoms with E-state index in [0.29, 0.717) is 10.6 Å². The summed E-state index contributed by atoms with van der Waals surface area (Å²) in [5.74, 6) is 0. The number of aromatic nitrogens is 1. The second kappa shape index (κ2) is 4.01. The molecule has 0 spiro atoms. The molecule has 2 nitrogen and oxygen atoms in total. The lowest BCUT2D eigenvalue weighted by molar-refractivity contribution is 1.10. The maximum Gasteiger partial charge on any atom is 0.0991 e. The minimum absolute atomic E-state index is 0.373. The first-order valence-electron chi connectivity index (χ1n) is 3.86. The Bertz CT molecular complexity index is 384. The van der Waals surface area contributed by atoms with Crippen molar-refractivity contribution in [1.29, 1.82) is 5.26 Å². The van der Waals surface area contributed by atoms with Gasteiger partial charge in [0.15, 0.2) is 0 Å². The Morgan fingerprint density at radius 3 is 2.69 bits per heavy atom. The monoisotopic (exact) mass is 189 g/mol. The molecule has 1 aromatic rings. The van der Waals surface area contributed by atoms with E-state index in [0.717, 1.165) is 11.3 Å². The summed E-state index contributed by atoms with van der Waals surface area (Å²) >= 11 is 4.93. The van der Waals surface area contributed by atoms with Gasteiger partial charge in [-0.2, -0.15) is 5.26 Å². The van der Waals surface area contributed by atoms with Gasteiger partial charge < -0.3 is 12.6 Å². The fourth-order valence-corrected chi connectivity index (χ4v) is 1.14. The van der Waals surface area contributed by atoms with Gasteiger partial charge in [0.05, 0.1) is 17.3 Å². The predicted octanol–water partition coefficient (Wildman–Crippen LogP) is 2.28. The third kappa shape index (κ3) is 2.53. The second-order valence-electron chi connectivity index (χ2n) is 2.92. The summed E-state index contributed by atoms with van der Waals surface area (Å²) in [6.45, 7) is 3.98. The van der Waals surface area contributed by atoms with Gasteiger partial charge in [-0.25, -0.2) is 0 Å². The highest BCUT2D eigenvalue weighted by atomic mass is 32.1. The summed E-state index contributed by atoms with van der Waals surface area (Å²) in [7, 11) is 0. The van der Waals surface area contributed by atoms with Gasteiger partial charge in [0.25, 0.3) is 0 Å². The molecule has 0 radical (unpaired) electrons. The van der Waals surface area contributed by atoms with Gasteiger partial charge in [0.2, 0.25) is 0 Å². The van der Waals surface area contributed by atoms with Crippen molar-refractivity contribution in [2.24, 2.45) is 0 Å². The molecule has 0 N–H and O–H groups in total. The molecule has 1 heterocycles. The second-order valence-corrected chi connectivity index (χ2v) is 3.31. The fraction of sp³-hybridized carbons (Fsp3) is 0.200. The highest BCUT2D eigenvalue weighted by molar-refractivity contribution is 7.58. The number of nitrogens with zero attached hydrogens (tertiary/aromatic N) is 2. The molecule has 0 amide bonds. The normalized spacial score (nSPS) is 9.00. The van der Waals surface area contributed by atoms with E-state index in [1.807, 2.05) is 26.0 Å². The van der Waals surface area contributed by atoms with Crippen molar-refractivity contribution in [2.75, 3.05) is 0 Å². The highest BCUT2D eigenvalue weighted by Gasteiger charge is 1.93. The SMILES string of the molecule is CC(C)=Cc1ccc(C#N)c([S-])n1. The topological polar surface area (TPSA) is 36.7 Å². The van der Waals surface area contributed by atoms with E-state index in [4.69, 9.17) is 17.9 Å². The van der Waals surface area contributed by atoms with Crippen LogP contribution in [-0.2, 0) is 12.6 Å². The van der Waals surface area contributed by atoms with Gasteiger partial charge >= 0.3 is 0 Å². The van der Waals surface area contributed by atoms with Crippen LogP contribution in [0, 0.1) is 11.3 Å². The fourth-order valence-electron chi connectivity index (χ4n) is 0.916. The van der Waals surface area contributed by atoms with Gasteiger partial charge in [0, 0.05) is 0 Å². The molecule has 13 heavy (non-hydrogen) atoms. The lowest BCUT2D eigenvalue weighted by atomic mass is 10.2. The van der Waals surface area contributed by atoms with Gasteiger partial charge in [-0.1, -0.05) is 10.6 Å². The van der Waals surface area contributed by atoms with Crippen molar-refractivity contribution in [3.63, 3.8) is 0 Å². The van der Waals surface area contributed by atoms with E-state index in [2.05, 4.69) is 4.98 Å². The molecule has 0 saturated carbocycles. The lowest BCUT2D eigenvalue weighted by Gasteiger charge is -2.07. The molecule has 0 aliphatic rings. The van der Waals surface area contributed by atoms with Crippen LogP contribution < -0.4 is 0 Å². The van der Waals surface area contributed by atoms with Crippen LogP contribution in [-0.4, -0.2) is 4.98 Å². The Hall–Kier alpha value is -1.40.